The van der Waals surface area contributed by atoms with Crippen molar-refractivity contribution in [3.05, 3.63) is 65.2 Å². The van der Waals surface area contributed by atoms with Gasteiger partial charge in [-0.2, -0.15) is 29.0 Å². The fourth-order valence-corrected chi connectivity index (χ4v) is 4.84. The first-order chi connectivity index (χ1) is 16.1. The average molecular weight is 466 g/mol. The topological polar surface area (TPSA) is 123 Å². The second kappa shape index (κ2) is 7.48. The molecule has 1 N–H and O–H groups in total. The predicted octanol–water partition coefficient (Wildman–Crippen LogP) is 4.83. The number of rotatable bonds is 3. The summed E-state index contributed by atoms with van der Waals surface area (Å²) in [6, 6.07) is 15.9. The minimum absolute atomic E-state index is 0.0683. The molecule has 4 unspecified atom stereocenters. The standard InChI is InChI=1S/C24H17F3N4O3/c1-14-22(13-30)20(31)34-23(14,16-7-9-18(32-2)10-8-16)33-19(21(22,11-28)12-29)15-3-5-17(6-4-15)24(25,26)27/h3-10,14,19,31H,1-2H3. The first-order valence-electron chi connectivity index (χ1n) is 10.1. The van der Waals surface area contributed by atoms with E-state index >= 15 is 0 Å². The van der Waals surface area contributed by atoms with E-state index in [0.29, 0.717) is 11.3 Å². The van der Waals surface area contributed by atoms with Crippen molar-refractivity contribution in [1.82, 2.24) is 0 Å². The summed E-state index contributed by atoms with van der Waals surface area (Å²) >= 11 is 0. The molecule has 0 spiro atoms. The fourth-order valence-electron chi connectivity index (χ4n) is 4.84. The largest absolute Gasteiger partial charge is 0.497 e. The number of ether oxygens (including phenoxy) is 3. The lowest BCUT2D eigenvalue weighted by Gasteiger charge is -2.48. The molecule has 34 heavy (non-hydrogen) atoms. The van der Waals surface area contributed by atoms with Crippen LogP contribution in [0.4, 0.5) is 13.2 Å². The van der Waals surface area contributed by atoms with E-state index < -0.39 is 46.3 Å². The Morgan fingerprint density at radius 3 is 2.03 bits per heavy atom. The maximum absolute atomic E-state index is 13.1. The monoisotopic (exact) mass is 466 g/mol. The van der Waals surface area contributed by atoms with Crippen molar-refractivity contribution in [2.45, 2.75) is 25.0 Å². The van der Waals surface area contributed by atoms with Gasteiger partial charge in [-0.05, 0) is 42.0 Å². The SMILES string of the molecule is COc1ccc(C23OC(=N)C(C#N)(C2C)C(C#N)(C#N)C(c2ccc(C(F)(F)F)cc2)O3)cc1. The Balaban J connectivity index is 1.96. The van der Waals surface area contributed by atoms with Crippen molar-refractivity contribution < 1.29 is 27.4 Å². The number of methoxy groups -OCH3 is 1. The Kier molecular flexibility index (Phi) is 5.08. The average Bonchev–Trinajstić information content (AvgIpc) is 3.00. The molecule has 0 aliphatic carbocycles. The molecule has 2 aliphatic rings. The Hall–Kier alpha value is -4.07. The lowest BCUT2D eigenvalue weighted by Crippen LogP contribution is -2.57. The highest BCUT2D eigenvalue weighted by Gasteiger charge is 2.79. The van der Waals surface area contributed by atoms with Crippen molar-refractivity contribution in [2.75, 3.05) is 7.11 Å². The Labute approximate surface area is 193 Å². The van der Waals surface area contributed by atoms with Crippen LogP contribution in [0.15, 0.2) is 48.5 Å². The molecule has 2 bridgehead atoms. The van der Waals surface area contributed by atoms with Crippen LogP contribution in [0.1, 0.15) is 29.7 Å². The number of nitrogens with one attached hydrogen (secondary N) is 1. The van der Waals surface area contributed by atoms with Crippen LogP contribution in [0, 0.1) is 56.2 Å². The summed E-state index contributed by atoms with van der Waals surface area (Å²) in [7, 11) is 1.48. The third-order valence-corrected chi connectivity index (χ3v) is 6.70. The molecule has 2 fully saturated rings. The predicted molar refractivity (Wildman–Crippen MR) is 110 cm³/mol. The van der Waals surface area contributed by atoms with Crippen LogP contribution in [0.3, 0.4) is 0 Å². The second-order valence-electron chi connectivity index (χ2n) is 8.12. The van der Waals surface area contributed by atoms with Crippen molar-refractivity contribution in [3.8, 4) is 24.0 Å². The minimum Gasteiger partial charge on any atom is -0.497 e. The van der Waals surface area contributed by atoms with Crippen LogP contribution in [0.25, 0.3) is 0 Å². The zero-order valence-electron chi connectivity index (χ0n) is 18.0. The summed E-state index contributed by atoms with van der Waals surface area (Å²) in [5.41, 5.74) is -4.79. The van der Waals surface area contributed by atoms with Crippen LogP contribution in [0.5, 0.6) is 5.75 Å². The van der Waals surface area contributed by atoms with Crippen molar-refractivity contribution >= 4 is 5.90 Å². The summed E-state index contributed by atoms with van der Waals surface area (Å²) in [4.78, 5) is 0. The van der Waals surface area contributed by atoms with Crippen LogP contribution in [-0.2, 0) is 21.4 Å². The van der Waals surface area contributed by atoms with E-state index in [1.54, 1.807) is 31.2 Å². The number of benzene rings is 2. The van der Waals surface area contributed by atoms with Crippen LogP contribution < -0.4 is 4.74 Å². The lowest BCUT2D eigenvalue weighted by atomic mass is 9.53. The first kappa shape index (κ1) is 23.1. The van der Waals surface area contributed by atoms with E-state index in [9.17, 15) is 29.0 Å². The van der Waals surface area contributed by atoms with Gasteiger partial charge >= 0.3 is 6.18 Å². The number of alkyl halides is 3. The van der Waals surface area contributed by atoms with E-state index in [2.05, 4.69) is 0 Å². The molecule has 4 rings (SSSR count). The summed E-state index contributed by atoms with van der Waals surface area (Å²) in [5.74, 6) is -2.83. The maximum Gasteiger partial charge on any atom is 0.416 e. The molecular formula is C24H17F3N4O3. The Morgan fingerprint density at radius 1 is 0.971 bits per heavy atom. The summed E-state index contributed by atoms with van der Waals surface area (Å²) in [6.07, 6.45) is -6.09. The highest BCUT2D eigenvalue weighted by molar-refractivity contribution is 5.89. The third kappa shape index (κ3) is 2.74. The summed E-state index contributed by atoms with van der Waals surface area (Å²) < 4.78 is 56.6. The van der Waals surface area contributed by atoms with Gasteiger partial charge in [0.25, 0.3) is 0 Å². The fraction of sp³-hybridized carbons (Fsp3) is 0.333. The normalized spacial score (nSPS) is 29.3. The van der Waals surface area contributed by atoms with Crippen LogP contribution in [0.2, 0.25) is 0 Å². The summed E-state index contributed by atoms with van der Waals surface area (Å²) in [5, 5.41) is 39.2. The number of nitrogens with zero attached hydrogens (tertiary/aromatic N) is 3. The van der Waals surface area contributed by atoms with Gasteiger partial charge in [-0.3, -0.25) is 5.41 Å². The van der Waals surface area contributed by atoms with Crippen LogP contribution >= 0.6 is 0 Å². The molecule has 0 aromatic heterocycles. The maximum atomic E-state index is 13.1. The van der Waals surface area contributed by atoms with Gasteiger partial charge in [0.1, 0.15) is 11.9 Å². The minimum atomic E-state index is -4.59. The van der Waals surface area contributed by atoms with Gasteiger partial charge in [-0.1, -0.05) is 19.1 Å². The number of hydrogen-bond donors (Lipinski definition) is 1. The molecule has 2 aromatic rings. The lowest BCUT2D eigenvalue weighted by molar-refractivity contribution is -0.288. The molecule has 2 aliphatic heterocycles. The van der Waals surface area contributed by atoms with Gasteiger partial charge in [0.15, 0.2) is 5.41 Å². The molecular weight excluding hydrogens is 449 g/mol. The molecule has 0 saturated carbocycles. The van der Waals surface area contributed by atoms with Gasteiger partial charge in [0.2, 0.25) is 17.1 Å². The molecule has 2 aromatic carbocycles. The van der Waals surface area contributed by atoms with E-state index in [-0.39, 0.29) is 5.56 Å². The Morgan fingerprint density at radius 2 is 1.56 bits per heavy atom. The van der Waals surface area contributed by atoms with Gasteiger partial charge in [0, 0.05) is 5.56 Å². The summed E-state index contributed by atoms with van der Waals surface area (Å²) in [6.45, 7) is 1.54. The molecule has 10 heteroatoms. The number of hydrogen-bond acceptors (Lipinski definition) is 7. The van der Waals surface area contributed by atoms with E-state index in [0.717, 1.165) is 24.3 Å². The second-order valence-corrected chi connectivity index (χ2v) is 8.12. The molecule has 2 saturated heterocycles. The van der Waals surface area contributed by atoms with Gasteiger partial charge in [0.05, 0.1) is 36.8 Å². The zero-order valence-corrected chi connectivity index (χ0v) is 18.0. The van der Waals surface area contributed by atoms with Gasteiger partial charge in [-0.25, -0.2) is 0 Å². The third-order valence-electron chi connectivity index (χ3n) is 6.70. The van der Waals surface area contributed by atoms with E-state index in [1.165, 1.54) is 7.11 Å². The quantitative estimate of drug-likeness (QED) is 0.692. The number of halogens is 3. The van der Waals surface area contributed by atoms with Crippen molar-refractivity contribution in [3.63, 3.8) is 0 Å². The number of fused-ring (bicyclic) bond motifs is 2. The molecule has 4 atom stereocenters. The smallest absolute Gasteiger partial charge is 0.416 e. The molecule has 0 amide bonds. The van der Waals surface area contributed by atoms with Gasteiger partial charge < -0.3 is 14.2 Å². The highest BCUT2D eigenvalue weighted by atomic mass is 19.4. The Bertz CT molecular complexity index is 1260. The first-order valence-corrected chi connectivity index (χ1v) is 10.1. The van der Waals surface area contributed by atoms with Crippen LogP contribution in [-0.4, -0.2) is 13.0 Å². The van der Waals surface area contributed by atoms with Crippen molar-refractivity contribution in [2.24, 2.45) is 16.7 Å². The number of nitriles is 3. The molecule has 0 radical (unpaired) electrons. The highest BCUT2D eigenvalue weighted by Crippen LogP contribution is 2.69. The molecule has 7 nitrogen and oxygen atoms in total. The van der Waals surface area contributed by atoms with E-state index in [1.807, 2.05) is 18.2 Å². The molecule has 172 valence electrons. The zero-order chi connectivity index (χ0) is 24.9. The van der Waals surface area contributed by atoms with Gasteiger partial charge in [-0.15, -0.1) is 0 Å². The van der Waals surface area contributed by atoms with E-state index in [4.69, 9.17) is 19.6 Å². The molecule has 2 heterocycles. The van der Waals surface area contributed by atoms with Crippen molar-refractivity contribution in [1.29, 1.82) is 21.2 Å².